The molecule has 1 aliphatic heterocycles. The maximum atomic E-state index is 12.9. The fraction of sp³-hybridized carbons (Fsp3) is 0.444. The van der Waals surface area contributed by atoms with Gasteiger partial charge in [0.25, 0.3) is 11.5 Å². The molecule has 0 radical (unpaired) electrons. The van der Waals surface area contributed by atoms with Crippen molar-refractivity contribution in [3.05, 3.63) is 51.8 Å². The van der Waals surface area contributed by atoms with Crippen LogP contribution in [0.1, 0.15) is 47.6 Å². The number of likely N-dealkylation sites (tertiary alicyclic amines) is 1. The molecule has 1 N–H and O–H groups in total. The number of H-pyrrole nitrogens is 1. The summed E-state index contributed by atoms with van der Waals surface area (Å²) in [6, 6.07) is 5.00. The molecule has 0 aliphatic carbocycles. The van der Waals surface area contributed by atoms with Gasteiger partial charge in [-0.1, -0.05) is 0 Å². The Morgan fingerprint density at radius 3 is 3.08 bits per heavy atom. The van der Waals surface area contributed by atoms with Gasteiger partial charge < -0.3 is 14.6 Å². The maximum absolute atomic E-state index is 12.9. The van der Waals surface area contributed by atoms with Crippen LogP contribution in [0, 0.1) is 6.92 Å². The fourth-order valence-corrected chi connectivity index (χ4v) is 3.19. The number of ether oxygens (including phenoxy) is 1. The summed E-state index contributed by atoms with van der Waals surface area (Å²) in [5.74, 6) is 0.924. The van der Waals surface area contributed by atoms with Gasteiger partial charge >= 0.3 is 0 Å². The van der Waals surface area contributed by atoms with Gasteiger partial charge in [-0.2, -0.15) is 0 Å². The average molecular weight is 342 g/mol. The number of rotatable bonds is 4. The predicted octanol–water partition coefficient (Wildman–Crippen LogP) is 1.89. The Labute approximate surface area is 146 Å². The molecule has 3 heterocycles. The minimum absolute atomic E-state index is 0.0610. The topological polar surface area (TPSA) is 88.2 Å². The van der Waals surface area contributed by atoms with Crippen LogP contribution in [0.15, 0.2) is 29.2 Å². The summed E-state index contributed by atoms with van der Waals surface area (Å²) >= 11 is 0. The first-order chi connectivity index (χ1) is 12.1. The van der Waals surface area contributed by atoms with E-state index in [9.17, 15) is 9.59 Å². The number of hydrogen-bond donors (Lipinski definition) is 1. The Kier molecular flexibility index (Phi) is 5.11. The number of carbonyl (C=O) groups excluding carboxylic acids is 1. The zero-order valence-corrected chi connectivity index (χ0v) is 14.5. The molecule has 1 amide bonds. The summed E-state index contributed by atoms with van der Waals surface area (Å²) < 4.78 is 5.48. The molecule has 0 bridgehead atoms. The van der Waals surface area contributed by atoms with E-state index in [0.717, 1.165) is 18.5 Å². The first-order valence-corrected chi connectivity index (χ1v) is 8.53. The molecule has 7 heteroatoms. The summed E-state index contributed by atoms with van der Waals surface area (Å²) in [6.45, 7) is 5.30. The molecule has 1 aliphatic rings. The van der Waals surface area contributed by atoms with Gasteiger partial charge in [0.05, 0.1) is 12.3 Å². The maximum Gasteiger partial charge on any atom is 0.259 e. The average Bonchev–Trinajstić information content (AvgIpc) is 2.61. The minimum atomic E-state index is -0.156. The smallest absolute Gasteiger partial charge is 0.259 e. The number of aromatic nitrogens is 3. The van der Waals surface area contributed by atoms with Gasteiger partial charge in [-0.3, -0.25) is 9.59 Å². The first kappa shape index (κ1) is 17.1. The highest BCUT2D eigenvalue weighted by Gasteiger charge is 2.28. The van der Waals surface area contributed by atoms with E-state index in [1.54, 1.807) is 30.2 Å². The lowest BCUT2D eigenvalue weighted by atomic mass is 9.94. The van der Waals surface area contributed by atoms with Crippen molar-refractivity contribution in [3.8, 4) is 5.88 Å². The molecule has 1 atom stereocenters. The fourth-order valence-electron chi connectivity index (χ4n) is 3.19. The molecule has 2 aromatic heterocycles. The molecule has 7 nitrogen and oxygen atoms in total. The predicted molar refractivity (Wildman–Crippen MR) is 92.9 cm³/mol. The van der Waals surface area contributed by atoms with E-state index in [1.807, 2.05) is 6.92 Å². The molecule has 0 unspecified atom stereocenters. The number of hydrogen-bond acceptors (Lipinski definition) is 5. The molecular formula is C18H22N4O3. The van der Waals surface area contributed by atoms with E-state index >= 15 is 0 Å². The van der Waals surface area contributed by atoms with Crippen molar-refractivity contribution in [1.82, 2.24) is 19.9 Å². The van der Waals surface area contributed by atoms with Crippen molar-refractivity contribution in [2.45, 2.75) is 32.6 Å². The van der Waals surface area contributed by atoms with Crippen LogP contribution in [0.4, 0.5) is 0 Å². The van der Waals surface area contributed by atoms with Crippen LogP contribution in [0.3, 0.4) is 0 Å². The number of piperidine rings is 1. The second-order valence-electron chi connectivity index (χ2n) is 6.14. The third-order valence-electron chi connectivity index (χ3n) is 4.29. The largest absolute Gasteiger partial charge is 0.477 e. The van der Waals surface area contributed by atoms with Crippen LogP contribution in [-0.2, 0) is 0 Å². The highest BCUT2D eigenvalue weighted by molar-refractivity contribution is 5.96. The van der Waals surface area contributed by atoms with Crippen molar-refractivity contribution < 1.29 is 9.53 Å². The quantitative estimate of drug-likeness (QED) is 0.917. The van der Waals surface area contributed by atoms with E-state index in [2.05, 4.69) is 15.0 Å². The van der Waals surface area contributed by atoms with Crippen LogP contribution in [0.2, 0.25) is 0 Å². The zero-order chi connectivity index (χ0) is 17.8. The summed E-state index contributed by atoms with van der Waals surface area (Å²) in [6.07, 6.45) is 3.39. The second-order valence-corrected chi connectivity index (χ2v) is 6.14. The molecule has 0 aromatic carbocycles. The second kappa shape index (κ2) is 7.46. The molecule has 0 saturated carbocycles. The highest BCUT2D eigenvalue weighted by Crippen LogP contribution is 2.27. The van der Waals surface area contributed by atoms with Crippen molar-refractivity contribution in [2.75, 3.05) is 19.7 Å². The lowest BCUT2D eigenvalue weighted by molar-refractivity contribution is 0.0700. The molecule has 3 rings (SSSR count). The third kappa shape index (κ3) is 3.87. The molecule has 25 heavy (non-hydrogen) atoms. The summed E-state index contributed by atoms with van der Waals surface area (Å²) in [5.41, 5.74) is 1.06. The summed E-state index contributed by atoms with van der Waals surface area (Å²) in [4.78, 5) is 37.7. The van der Waals surface area contributed by atoms with E-state index in [0.29, 0.717) is 37.0 Å². The molecule has 2 aromatic rings. The van der Waals surface area contributed by atoms with Crippen LogP contribution in [-0.4, -0.2) is 45.5 Å². The Morgan fingerprint density at radius 2 is 2.32 bits per heavy atom. The zero-order valence-electron chi connectivity index (χ0n) is 14.5. The standard InChI is InChI=1S/C18H22N4O3/c1-3-25-17-14(7-4-8-19-17)18(24)22-9-5-6-13(11-22)15-10-16(23)21-12(2)20-15/h4,7-8,10,13H,3,5-6,9,11H2,1-2H3,(H,20,21,23)/t13-/m0/s1. The van der Waals surface area contributed by atoms with Crippen molar-refractivity contribution >= 4 is 5.91 Å². The molecular weight excluding hydrogens is 320 g/mol. The van der Waals surface area contributed by atoms with Gasteiger partial charge in [0.2, 0.25) is 5.88 Å². The number of carbonyl (C=O) groups is 1. The lowest BCUT2D eigenvalue weighted by Crippen LogP contribution is -2.39. The Morgan fingerprint density at radius 1 is 1.48 bits per heavy atom. The van der Waals surface area contributed by atoms with Crippen molar-refractivity contribution in [3.63, 3.8) is 0 Å². The van der Waals surface area contributed by atoms with E-state index in [1.165, 1.54) is 6.07 Å². The van der Waals surface area contributed by atoms with Crippen LogP contribution in [0.5, 0.6) is 5.88 Å². The molecule has 1 fully saturated rings. The number of aromatic amines is 1. The van der Waals surface area contributed by atoms with Crippen molar-refractivity contribution in [1.29, 1.82) is 0 Å². The highest BCUT2D eigenvalue weighted by atomic mass is 16.5. The number of nitrogens with one attached hydrogen (secondary N) is 1. The van der Waals surface area contributed by atoms with Gasteiger partial charge in [-0.15, -0.1) is 0 Å². The van der Waals surface area contributed by atoms with Gasteiger partial charge in [0.15, 0.2) is 0 Å². The van der Waals surface area contributed by atoms with Gasteiger partial charge in [0, 0.05) is 31.3 Å². The Bertz CT molecular complexity index is 818. The number of pyridine rings is 1. The van der Waals surface area contributed by atoms with Crippen LogP contribution >= 0.6 is 0 Å². The van der Waals surface area contributed by atoms with Crippen LogP contribution in [0.25, 0.3) is 0 Å². The van der Waals surface area contributed by atoms with Gasteiger partial charge in [0.1, 0.15) is 11.4 Å². The summed E-state index contributed by atoms with van der Waals surface area (Å²) in [5, 5.41) is 0. The number of amides is 1. The van der Waals surface area contributed by atoms with E-state index in [-0.39, 0.29) is 17.4 Å². The van der Waals surface area contributed by atoms with Gasteiger partial charge in [-0.25, -0.2) is 9.97 Å². The minimum Gasteiger partial charge on any atom is -0.477 e. The van der Waals surface area contributed by atoms with E-state index < -0.39 is 0 Å². The van der Waals surface area contributed by atoms with Gasteiger partial charge in [-0.05, 0) is 38.8 Å². The number of nitrogens with zero attached hydrogens (tertiary/aromatic N) is 3. The molecule has 132 valence electrons. The first-order valence-electron chi connectivity index (χ1n) is 8.53. The SMILES string of the molecule is CCOc1ncccc1C(=O)N1CCC[C@H](c2cc(=O)[nH]c(C)n2)C1. The molecule has 1 saturated heterocycles. The van der Waals surface area contributed by atoms with E-state index in [4.69, 9.17) is 4.74 Å². The lowest BCUT2D eigenvalue weighted by Gasteiger charge is -2.32. The van der Waals surface area contributed by atoms with Crippen molar-refractivity contribution in [2.24, 2.45) is 0 Å². The Hall–Kier alpha value is -2.70. The Balaban J connectivity index is 1.81. The third-order valence-corrected chi connectivity index (χ3v) is 4.29. The monoisotopic (exact) mass is 342 g/mol. The van der Waals surface area contributed by atoms with Crippen LogP contribution < -0.4 is 10.3 Å². The summed E-state index contributed by atoms with van der Waals surface area (Å²) in [7, 11) is 0. The molecule has 0 spiro atoms. The normalized spacial score (nSPS) is 17.4. The number of aryl methyl sites for hydroxylation is 1.